The zero-order valence-electron chi connectivity index (χ0n) is 31.7. The summed E-state index contributed by atoms with van der Waals surface area (Å²) in [4.78, 5) is 15.4. The van der Waals surface area contributed by atoms with Crippen LogP contribution in [-0.2, 0) is 0 Å². The molecule has 0 aliphatic heterocycles. The Morgan fingerprint density at radius 1 is 0.322 bits per heavy atom. The number of hydrogen-bond acceptors (Lipinski definition) is 5. The molecule has 274 valence electrons. The molecule has 10 aromatic rings. The summed E-state index contributed by atoms with van der Waals surface area (Å²) in [6, 6.07) is 70.0. The number of aromatic nitrogens is 4. The van der Waals surface area contributed by atoms with E-state index in [1.54, 1.807) is 6.07 Å². The highest BCUT2D eigenvalue weighted by molar-refractivity contribution is 6.10. The molecule has 0 aliphatic rings. The van der Waals surface area contributed by atoms with Crippen LogP contribution in [0.2, 0.25) is 0 Å². The molecule has 0 saturated heterocycles. The van der Waals surface area contributed by atoms with Gasteiger partial charge in [0.2, 0.25) is 0 Å². The normalized spacial score (nSPS) is 11.0. The SMILES string of the molecule is N#Cc1cc(C#N)cc(-c2cc(-c3nc(-c4ccccc4)nc(-c4cccc(-c5ccccc5)c4)n3)cc(-n3c4ccccc4c4ccc(-c5ccccc5)cc43)c2)c1. The van der Waals surface area contributed by atoms with Crippen molar-refractivity contribution in [3.05, 3.63) is 205 Å². The van der Waals surface area contributed by atoms with Crippen molar-refractivity contribution in [2.24, 2.45) is 0 Å². The maximum absolute atomic E-state index is 10.0. The summed E-state index contributed by atoms with van der Waals surface area (Å²) in [5, 5.41) is 22.3. The molecule has 6 heteroatoms. The lowest BCUT2D eigenvalue weighted by atomic mass is 9.97. The summed E-state index contributed by atoms with van der Waals surface area (Å²) in [6.45, 7) is 0. The Kier molecular flexibility index (Phi) is 8.84. The molecular formula is C53H32N6. The Hall–Kier alpha value is -8.45. The van der Waals surface area contributed by atoms with Gasteiger partial charge in [0.05, 0.1) is 34.3 Å². The standard InChI is InChI=1S/C53H32N6/c54-33-35-25-36(34-55)27-43(26-35)44-29-45(31-46(30-44)59-49-22-11-10-21-47(49)48-24-23-41(32-50(48)59)38-15-6-2-7-16-38)53-57-51(39-17-8-3-9-18-39)56-52(58-53)42-20-12-19-40(28-42)37-13-4-1-5-14-37/h1-32H. The minimum Gasteiger partial charge on any atom is -0.309 e. The number of hydrogen-bond donors (Lipinski definition) is 0. The quantitative estimate of drug-likeness (QED) is 0.162. The third-order valence-electron chi connectivity index (χ3n) is 10.6. The van der Waals surface area contributed by atoms with E-state index in [4.69, 9.17) is 15.0 Å². The lowest BCUT2D eigenvalue weighted by molar-refractivity contribution is 1.07. The summed E-state index contributed by atoms with van der Waals surface area (Å²) >= 11 is 0. The summed E-state index contributed by atoms with van der Waals surface area (Å²) < 4.78 is 2.28. The van der Waals surface area contributed by atoms with Gasteiger partial charge in [-0.05, 0) is 88.0 Å². The number of para-hydroxylation sites is 1. The Morgan fingerprint density at radius 3 is 1.46 bits per heavy atom. The van der Waals surface area contributed by atoms with Gasteiger partial charge in [-0.1, -0.05) is 140 Å². The fraction of sp³-hybridized carbons (Fsp3) is 0. The fourth-order valence-electron chi connectivity index (χ4n) is 7.84. The van der Waals surface area contributed by atoms with Gasteiger partial charge in [-0.15, -0.1) is 0 Å². The van der Waals surface area contributed by atoms with Crippen molar-refractivity contribution in [1.82, 2.24) is 19.5 Å². The van der Waals surface area contributed by atoms with Crippen molar-refractivity contribution in [1.29, 1.82) is 10.5 Å². The van der Waals surface area contributed by atoms with Gasteiger partial charge in [0, 0.05) is 33.2 Å². The predicted molar refractivity (Wildman–Crippen MR) is 236 cm³/mol. The first-order valence-corrected chi connectivity index (χ1v) is 19.3. The van der Waals surface area contributed by atoms with Crippen LogP contribution in [0.4, 0.5) is 0 Å². The number of nitrogens with zero attached hydrogens (tertiary/aromatic N) is 6. The average molecular weight is 753 g/mol. The zero-order valence-corrected chi connectivity index (χ0v) is 31.7. The van der Waals surface area contributed by atoms with Gasteiger partial charge in [0.15, 0.2) is 17.5 Å². The topological polar surface area (TPSA) is 91.2 Å². The van der Waals surface area contributed by atoms with Crippen LogP contribution in [0, 0.1) is 22.7 Å². The van der Waals surface area contributed by atoms with Crippen molar-refractivity contribution >= 4 is 21.8 Å². The molecule has 59 heavy (non-hydrogen) atoms. The van der Waals surface area contributed by atoms with E-state index in [0.29, 0.717) is 28.6 Å². The molecule has 0 N–H and O–H groups in total. The van der Waals surface area contributed by atoms with Crippen LogP contribution in [0.15, 0.2) is 194 Å². The first kappa shape index (κ1) is 35.0. The minimum atomic E-state index is 0.405. The first-order chi connectivity index (χ1) is 29.1. The highest BCUT2D eigenvalue weighted by atomic mass is 15.0. The molecule has 0 amide bonds. The minimum absolute atomic E-state index is 0.405. The molecule has 10 rings (SSSR count). The smallest absolute Gasteiger partial charge is 0.164 e. The van der Waals surface area contributed by atoms with E-state index < -0.39 is 0 Å². The van der Waals surface area contributed by atoms with Crippen LogP contribution >= 0.6 is 0 Å². The molecule has 2 heterocycles. The molecule has 0 fully saturated rings. The van der Waals surface area contributed by atoms with E-state index in [0.717, 1.165) is 77.6 Å². The molecule has 0 spiro atoms. The van der Waals surface area contributed by atoms with Crippen LogP contribution in [0.3, 0.4) is 0 Å². The van der Waals surface area contributed by atoms with E-state index in [1.807, 2.05) is 84.9 Å². The maximum atomic E-state index is 10.0. The molecule has 8 aromatic carbocycles. The summed E-state index contributed by atoms with van der Waals surface area (Å²) in [6.07, 6.45) is 0. The van der Waals surface area contributed by atoms with Crippen molar-refractivity contribution < 1.29 is 0 Å². The third kappa shape index (κ3) is 6.68. The van der Waals surface area contributed by atoms with E-state index in [1.165, 1.54) is 0 Å². The molecular weight excluding hydrogens is 721 g/mol. The second kappa shape index (κ2) is 14.9. The van der Waals surface area contributed by atoms with Crippen LogP contribution in [0.1, 0.15) is 11.1 Å². The van der Waals surface area contributed by atoms with Crippen molar-refractivity contribution in [2.75, 3.05) is 0 Å². The van der Waals surface area contributed by atoms with Crippen LogP contribution in [0.5, 0.6) is 0 Å². The van der Waals surface area contributed by atoms with E-state index in [9.17, 15) is 10.5 Å². The fourth-order valence-corrected chi connectivity index (χ4v) is 7.84. The molecule has 0 bridgehead atoms. The average Bonchev–Trinajstić information content (AvgIpc) is 3.65. The highest BCUT2D eigenvalue weighted by Crippen LogP contribution is 2.38. The Bertz CT molecular complexity index is 3250. The third-order valence-corrected chi connectivity index (χ3v) is 10.6. The Labute approximate surface area is 341 Å². The molecule has 0 unspecified atom stereocenters. The van der Waals surface area contributed by atoms with Crippen LogP contribution in [-0.4, -0.2) is 19.5 Å². The second-order valence-electron chi connectivity index (χ2n) is 14.4. The second-order valence-corrected chi connectivity index (χ2v) is 14.4. The lowest BCUT2D eigenvalue weighted by Gasteiger charge is -2.15. The molecule has 0 atom stereocenters. The molecule has 6 nitrogen and oxygen atoms in total. The highest BCUT2D eigenvalue weighted by Gasteiger charge is 2.19. The summed E-state index contributed by atoms with van der Waals surface area (Å²) in [7, 11) is 0. The van der Waals surface area contributed by atoms with E-state index in [2.05, 4.69) is 120 Å². The summed E-state index contributed by atoms with van der Waals surface area (Å²) in [5.41, 5.74) is 12.2. The molecule has 0 aliphatic carbocycles. The molecule has 0 saturated carbocycles. The number of benzene rings is 8. The van der Waals surface area contributed by atoms with Gasteiger partial charge >= 0.3 is 0 Å². The molecule has 0 radical (unpaired) electrons. The van der Waals surface area contributed by atoms with Gasteiger partial charge in [0.25, 0.3) is 0 Å². The maximum Gasteiger partial charge on any atom is 0.164 e. The van der Waals surface area contributed by atoms with Gasteiger partial charge in [-0.2, -0.15) is 10.5 Å². The number of rotatable bonds is 7. The lowest BCUT2D eigenvalue weighted by Crippen LogP contribution is -2.02. The van der Waals surface area contributed by atoms with Crippen molar-refractivity contribution in [3.8, 4) is 85.4 Å². The van der Waals surface area contributed by atoms with Crippen molar-refractivity contribution in [3.63, 3.8) is 0 Å². The largest absolute Gasteiger partial charge is 0.309 e. The van der Waals surface area contributed by atoms with Crippen LogP contribution in [0.25, 0.3) is 95.0 Å². The van der Waals surface area contributed by atoms with Gasteiger partial charge in [0.1, 0.15) is 0 Å². The van der Waals surface area contributed by atoms with Gasteiger partial charge < -0.3 is 4.57 Å². The van der Waals surface area contributed by atoms with Gasteiger partial charge in [-0.3, -0.25) is 0 Å². The van der Waals surface area contributed by atoms with Gasteiger partial charge in [-0.25, -0.2) is 15.0 Å². The van der Waals surface area contributed by atoms with Crippen molar-refractivity contribution in [2.45, 2.75) is 0 Å². The van der Waals surface area contributed by atoms with Crippen LogP contribution < -0.4 is 0 Å². The van der Waals surface area contributed by atoms with E-state index in [-0.39, 0.29) is 0 Å². The molecule has 2 aromatic heterocycles. The Morgan fingerprint density at radius 2 is 0.797 bits per heavy atom. The zero-order chi connectivity index (χ0) is 39.7. The monoisotopic (exact) mass is 752 g/mol. The Balaban J connectivity index is 1.25. The predicted octanol–water partition coefficient (Wildman–Crippen LogP) is 12.7. The van der Waals surface area contributed by atoms with E-state index >= 15 is 0 Å². The first-order valence-electron chi connectivity index (χ1n) is 19.3. The number of fused-ring (bicyclic) bond motifs is 3. The number of nitriles is 2. The summed E-state index contributed by atoms with van der Waals surface area (Å²) in [5.74, 6) is 1.58.